The number of carbonyl (C=O) groups is 2. The van der Waals surface area contributed by atoms with Gasteiger partial charge in [-0.05, 0) is 0 Å². The number of nitrogens with one attached hydrogen (secondary N) is 1. The number of hydrogen-bond donors (Lipinski definition) is 3. The van der Waals surface area contributed by atoms with E-state index in [0.717, 1.165) is 0 Å². The molecule has 2 rings (SSSR count). The summed E-state index contributed by atoms with van der Waals surface area (Å²) >= 11 is 0. The Morgan fingerprint density at radius 3 is 1.73 bits per heavy atom. The second kappa shape index (κ2) is 3.19. The van der Waals surface area contributed by atoms with E-state index in [0.29, 0.717) is 0 Å². The number of aromatic carboxylic acids is 2. The molecule has 0 radical (unpaired) electrons. The zero-order chi connectivity index (χ0) is 11.0. The third kappa shape index (κ3) is 1.37. The van der Waals surface area contributed by atoms with E-state index in [2.05, 4.69) is 4.98 Å². The fourth-order valence-corrected chi connectivity index (χ4v) is 1.33. The van der Waals surface area contributed by atoms with E-state index in [1.165, 1.54) is 0 Å². The quantitative estimate of drug-likeness (QED) is 0.646. The van der Waals surface area contributed by atoms with Crippen LogP contribution < -0.4 is 9.47 Å². The molecule has 1 aromatic heterocycles. The fourth-order valence-electron chi connectivity index (χ4n) is 1.33. The molecule has 1 aliphatic heterocycles. The van der Waals surface area contributed by atoms with Crippen molar-refractivity contribution in [1.29, 1.82) is 0 Å². The van der Waals surface area contributed by atoms with Crippen molar-refractivity contribution >= 4 is 11.9 Å². The van der Waals surface area contributed by atoms with Crippen LogP contribution in [-0.2, 0) is 0 Å². The van der Waals surface area contributed by atoms with Gasteiger partial charge in [-0.3, -0.25) is 0 Å². The molecule has 0 spiro atoms. The third-order valence-electron chi connectivity index (χ3n) is 1.91. The molecular weight excluding hydrogens is 206 g/mol. The maximum atomic E-state index is 10.7. The number of H-pyrrole nitrogens is 1. The molecule has 80 valence electrons. The van der Waals surface area contributed by atoms with Crippen LogP contribution >= 0.6 is 0 Å². The smallest absolute Gasteiger partial charge is 0.356 e. The van der Waals surface area contributed by atoms with Crippen LogP contribution in [0.25, 0.3) is 0 Å². The first-order chi connectivity index (χ1) is 7.11. The number of fused-ring (bicyclic) bond motifs is 1. The minimum Gasteiger partial charge on any atom is -0.484 e. The molecule has 0 amide bonds. The summed E-state index contributed by atoms with van der Waals surface area (Å²) in [5.74, 6) is -2.68. The highest BCUT2D eigenvalue weighted by Crippen LogP contribution is 2.37. The Hall–Kier alpha value is -2.18. The Labute approximate surface area is 83.2 Å². The average Bonchev–Trinajstić information content (AvgIpc) is 2.56. The van der Waals surface area contributed by atoms with Crippen molar-refractivity contribution in [3.8, 4) is 11.5 Å². The Morgan fingerprint density at radius 1 is 1.00 bits per heavy atom. The lowest BCUT2D eigenvalue weighted by Gasteiger charge is -2.15. The highest BCUT2D eigenvalue weighted by molar-refractivity contribution is 5.97. The van der Waals surface area contributed by atoms with Gasteiger partial charge in [0.25, 0.3) is 0 Å². The van der Waals surface area contributed by atoms with Crippen LogP contribution in [-0.4, -0.2) is 40.3 Å². The van der Waals surface area contributed by atoms with Crippen molar-refractivity contribution < 1.29 is 29.3 Å². The lowest BCUT2D eigenvalue weighted by molar-refractivity contribution is 0.0676. The van der Waals surface area contributed by atoms with E-state index in [1.807, 2.05) is 0 Å². The van der Waals surface area contributed by atoms with E-state index < -0.39 is 11.9 Å². The molecule has 1 aromatic rings. The summed E-state index contributed by atoms with van der Waals surface area (Å²) < 4.78 is 10.1. The van der Waals surface area contributed by atoms with Gasteiger partial charge in [0.2, 0.25) is 0 Å². The standard InChI is InChI=1S/C8H7NO6/c10-7(11)3-5-6(15-2-1-14-5)4(9-3)8(12)13/h9H,1-2H2,(H,10,11)(H,12,13). The summed E-state index contributed by atoms with van der Waals surface area (Å²) in [6, 6.07) is 0. The van der Waals surface area contributed by atoms with Gasteiger partial charge in [0, 0.05) is 0 Å². The second-order valence-corrected chi connectivity index (χ2v) is 2.84. The zero-order valence-corrected chi connectivity index (χ0v) is 7.44. The molecule has 1 aliphatic rings. The molecule has 0 aromatic carbocycles. The van der Waals surface area contributed by atoms with E-state index in [4.69, 9.17) is 19.7 Å². The van der Waals surface area contributed by atoms with Crippen molar-refractivity contribution in [2.24, 2.45) is 0 Å². The molecule has 7 heteroatoms. The number of aromatic nitrogens is 1. The highest BCUT2D eigenvalue weighted by Gasteiger charge is 2.30. The van der Waals surface area contributed by atoms with Crippen LogP contribution in [0, 0.1) is 0 Å². The van der Waals surface area contributed by atoms with Crippen molar-refractivity contribution in [2.45, 2.75) is 0 Å². The number of aromatic amines is 1. The van der Waals surface area contributed by atoms with Gasteiger partial charge in [-0.15, -0.1) is 0 Å². The summed E-state index contributed by atoms with van der Waals surface area (Å²) in [5, 5.41) is 17.6. The normalized spacial score (nSPS) is 13.6. The van der Waals surface area contributed by atoms with Gasteiger partial charge in [-0.25, -0.2) is 9.59 Å². The predicted molar refractivity (Wildman–Crippen MR) is 45.7 cm³/mol. The summed E-state index contributed by atoms with van der Waals surface area (Å²) in [4.78, 5) is 23.7. The Kier molecular flexibility index (Phi) is 2.00. The predicted octanol–water partition coefficient (Wildman–Crippen LogP) is 0.182. The maximum Gasteiger partial charge on any atom is 0.356 e. The van der Waals surface area contributed by atoms with Gasteiger partial charge in [0.1, 0.15) is 13.2 Å². The van der Waals surface area contributed by atoms with Crippen molar-refractivity contribution in [3.05, 3.63) is 11.4 Å². The van der Waals surface area contributed by atoms with Gasteiger partial charge in [0.05, 0.1) is 0 Å². The number of ether oxygens (including phenoxy) is 2. The molecule has 2 heterocycles. The summed E-state index contributed by atoms with van der Waals surface area (Å²) in [5.41, 5.74) is -0.607. The van der Waals surface area contributed by atoms with Gasteiger partial charge in [0.15, 0.2) is 22.9 Å². The van der Waals surface area contributed by atoms with Crippen LogP contribution in [0.1, 0.15) is 21.0 Å². The lowest BCUT2D eigenvalue weighted by atomic mass is 10.3. The molecule has 0 atom stereocenters. The molecule has 15 heavy (non-hydrogen) atoms. The first-order valence-electron chi connectivity index (χ1n) is 4.09. The third-order valence-corrected chi connectivity index (χ3v) is 1.91. The molecule has 7 nitrogen and oxygen atoms in total. The Balaban J connectivity index is 2.59. The largest absolute Gasteiger partial charge is 0.484 e. The molecule has 0 saturated carbocycles. The van der Waals surface area contributed by atoms with E-state index in [1.54, 1.807) is 0 Å². The first-order valence-corrected chi connectivity index (χ1v) is 4.09. The van der Waals surface area contributed by atoms with Gasteiger partial charge in [-0.2, -0.15) is 0 Å². The van der Waals surface area contributed by atoms with E-state index in [9.17, 15) is 9.59 Å². The molecule has 0 fully saturated rings. The Morgan fingerprint density at radius 2 is 1.40 bits per heavy atom. The zero-order valence-electron chi connectivity index (χ0n) is 7.44. The Bertz CT molecular complexity index is 396. The van der Waals surface area contributed by atoms with E-state index >= 15 is 0 Å². The van der Waals surface area contributed by atoms with Gasteiger partial charge < -0.3 is 24.7 Å². The van der Waals surface area contributed by atoms with Crippen LogP contribution in [0.3, 0.4) is 0 Å². The number of rotatable bonds is 2. The number of carboxylic acid groups (broad SMARTS) is 2. The van der Waals surface area contributed by atoms with Crippen molar-refractivity contribution in [1.82, 2.24) is 4.98 Å². The van der Waals surface area contributed by atoms with Crippen LogP contribution in [0.4, 0.5) is 0 Å². The fraction of sp³-hybridized carbons (Fsp3) is 0.250. The number of hydrogen-bond acceptors (Lipinski definition) is 4. The molecule has 0 saturated heterocycles. The summed E-state index contributed by atoms with van der Waals surface area (Å²) in [7, 11) is 0. The van der Waals surface area contributed by atoms with Crippen molar-refractivity contribution in [2.75, 3.05) is 13.2 Å². The SMILES string of the molecule is O=C(O)c1[nH]c(C(=O)O)c2c1OCCO2. The number of carboxylic acids is 2. The van der Waals surface area contributed by atoms with Crippen LogP contribution in [0.5, 0.6) is 11.5 Å². The van der Waals surface area contributed by atoms with Crippen molar-refractivity contribution in [3.63, 3.8) is 0 Å². The second-order valence-electron chi connectivity index (χ2n) is 2.84. The van der Waals surface area contributed by atoms with E-state index in [-0.39, 0.29) is 36.1 Å². The summed E-state index contributed by atoms with van der Waals surface area (Å²) in [6.07, 6.45) is 0. The van der Waals surface area contributed by atoms with Gasteiger partial charge in [-0.1, -0.05) is 0 Å². The molecular formula is C8H7NO6. The minimum absolute atomic E-state index is 0.0499. The molecule has 3 N–H and O–H groups in total. The first kappa shape index (κ1) is 9.38. The monoisotopic (exact) mass is 213 g/mol. The maximum absolute atomic E-state index is 10.7. The van der Waals surface area contributed by atoms with Crippen LogP contribution in [0.15, 0.2) is 0 Å². The van der Waals surface area contributed by atoms with Gasteiger partial charge >= 0.3 is 11.9 Å². The van der Waals surface area contributed by atoms with Crippen LogP contribution in [0.2, 0.25) is 0 Å². The molecule has 0 aliphatic carbocycles. The highest BCUT2D eigenvalue weighted by atomic mass is 16.6. The molecule has 0 bridgehead atoms. The minimum atomic E-state index is -1.29. The summed E-state index contributed by atoms with van der Waals surface area (Å²) in [6.45, 7) is 0.397. The lowest BCUT2D eigenvalue weighted by Crippen LogP contribution is -2.16. The topological polar surface area (TPSA) is 109 Å². The molecule has 0 unspecified atom stereocenters. The average molecular weight is 213 g/mol.